The summed E-state index contributed by atoms with van der Waals surface area (Å²) in [6.45, 7) is 4.14. The molecule has 0 amide bonds. The van der Waals surface area contributed by atoms with E-state index in [0.717, 1.165) is 11.1 Å². The number of hydrogen-bond acceptors (Lipinski definition) is 2. The third-order valence-electron chi connectivity index (χ3n) is 3.48. The second-order valence-electron chi connectivity index (χ2n) is 4.76. The Balaban J connectivity index is 2.33. The molecule has 2 nitrogen and oxygen atoms in total. The van der Waals surface area contributed by atoms with Gasteiger partial charge in [0.2, 0.25) is 0 Å². The SMILES string of the molecule is Cc1ccccc1[C@@H](N)[C@@H](N)c1ccccc1C. The van der Waals surface area contributed by atoms with E-state index < -0.39 is 0 Å². The first kappa shape index (κ1) is 12.8. The molecule has 2 heteroatoms. The summed E-state index contributed by atoms with van der Waals surface area (Å²) in [7, 11) is 0. The van der Waals surface area contributed by atoms with E-state index in [9.17, 15) is 0 Å². The van der Waals surface area contributed by atoms with Gasteiger partial charge in [0.1, 0.15) is 0 Å². The molecule has 0 saturated heterocycles. The van der Waals surface area contributed by atoms with Crippen LogP contribution in [0.2, 0.25) is 0 Å². The second-order valence-corrected chi connectivity index (χ2v) is 4.76. The normalized spacial score (nSPS) is 14.2. The van der Waals surface area contributed by atoms with E-state index in [1.54, 1.807) is 0 Å². The number of nitrogens with two attached hydrogens (primary N) is 2. The fourth-order valence-electron chi connectivity index (χ4n) is 2.31. The van der Waals surface area contributed by atoms with Crippen molar-refractivity contribution in [2.24, 2.45) is 11.5 Å². The average Bonchev–Trinajstić information content (AvgIpc) is 2.38. The molecule has 4 N–H and O–H groups in total. The zero-order valence-corrected chi connectivity index (χ0v) is 10.9. The first-order valence-electron chi connectivity index (χ1n) is 6.23. The van der Waals surface area contributed by atoms with Crippen LogP contribution in [0.1, 0.15) is 34.3 Å². The third-order valence-corrected chi connectivity index (χ3v) is 3.48. The van der Waals surface area contributed by atoms with Crippen molar-refractivity contribution in [2.45, 2.75) is 25.9 Å². The molecule has 2 atom stereocenters. The van der Waals surface area contributed by atoms with Gasteiger partial charge in [0, 0.05) is 12.1 Å². The highest BCUT2D eigenvalue weighted by Crippen LogP contribution is 2.28. The van der Waals surface area contributed by atoms with Gasteiger partial charge in [0.15, 0.2) is 0 Å². The Morgan fingerprint density at radius 2 is 1.00 bits per heavy atom. The Hall–Kier alpha value is -1.64. The van der Waals surface area contributed by atoms with E-state index in [4.69, 9.17) is 11.5 Å². The molecule has 0 spiro atoms. The van der Waals surface area contributed by atoms with E-state index in [1.807, 2.05) is 24.3 Å². The standard InChI is InChI=1S/C16H20N2/c1-11-7-3-5-9-13(11)15(17)16(18)14-10-6-4-8-12(14)2/h3-10,15-16H,17-18H2,1-2H3/t15-,16+. The van der Waals surface area contributed by atoms with Gasteiger partial charge in [-0.3, -0.25) is 0 Å². The predicted molar refractivity (Wildman–Crippen MR) is 76.2 cm³/mol. The van der Waals surface area contributed by atoms with Crippen molar-refractivity contribution in [2.75, 3.05) is 0 Å². The maximum atomic E-state index is 6.32. The Labute approximate surface area is 109 Å². The fraction of sp³-hybridized carbons (Fsp3) is 0.250. The highest BCUT2D eigenvalue weighted by molar-refractivity contribution is 5.35. The van der Waals surface area contributed by atoms with Gasteiger partial charge < -0.3 is 11.5 Å². The summed E-state index contributed by atoms with van der Waals surface area (Å²) in [5.74, 6) is 0. The molecule has 2 aromatic carbocycles. The first-order chi connectivity index (χ1) is 8.61. The number of hydrogen-bond donors (Lipinski definition) is 2. The van der Waals surface area contributed by atoms with Crippen LogP contribution in [0.3, 0.4) is 0 Å². The summed E-state index contributed by atoms with van der Waals surface area (Å²) < 4.78 is 0. The van der Waals surface area contributed by atoms with Crippen LogP contribution in [0.15, 0.2) is 48.5 Å². The van der Waals surface area contributed by atoms with Crippen molar-refractivity contribution in [1.29, 1.82) is 0 Å². The van der Waals surface area contributed by atoms with Gasteiger partial charge in [0.25, 0.3) is 0 Å². The molecule has 0 aliphatic carbocycles. The van der Waals surface area contributed by atoms with Crippen LogP contribution in [0.4, 0.5) is 0 Å². The fourth-order valence-corrected chi connectivity index (χ4v) is 2.31. The Bertz CT molecular complexity index is 485. The highest BCUT2D eigenvalue weighted by Gasteiger charge is 2.19. The lowest BCUT2D eigenvalue weighted by Gasteiger charge is -2.23. The lowest BCUT2D eigenvalue weighted by molar-refractivity contribution is 0.569. The van der Waals surface area contributed by atoms with E-state index in [2.05, 4.69) is 38.1 Å². The lowest BCUT2D eigenvalue weighted by atomic mass is 9.90. The predicted octanol–water partition coefficient (Wildman–Crippen LogP) is 3.00. The molecule has 0 aliphatic heterocycles. The quantitative estimate of drug-likeness (QED) is 0.866. The highest BCUT2D eigenvalue weighted by atomic mass is 14.8. The van der Waals surface area contributed by atoms with Gasteiger partial charge in [-0.2, -0.15) is 0 Å². The summed E-state index contributed by atoms with van der Waals surface area (Å²) in [4.78, 5) is 0. The Morgan fingerprint density at radius 3 is 1.33 bits per heavy atom. The van der Waals surface area contributed by atoms with Crippen molar-refractivity contribution in [3.05, 3.63) is 70.8 Å². The molecule has 0 aromatic heterocycles. The van der Waals surface area contributed by atoms with Crippen molar-refractivity contribution in [1.82, 2.24) is 0 Å². The largest absolute Gasteiger partial charge is 0.322 e. The Kier molecular flexibility index (Phi) is 3.80. The molecule has 0 radical (unpaired) electrons. The summed E-state index contributed by atoms with van der Waals surface area (Å²) in [5.41, 5.74) is 17.2. The van der Waals surface area contributed by atoms with Gasteiger partial charge in [-0.1, -0.05) is 48.5 Å². The zero-order chi connectivity index (χ0) is 13.1. The third kappa shape index (κ3) is 2.45. The van der Waals surface area contributed by atoms with Gasteiger partial charge in [-0.05, 0) is 36.1 Å². The van der Waals surface area contributed by atoms with Gasteiger partial charge in [-0.25, -0.2) is 0 Å². The van der Waals surface area contributed by atoms with E-state index >= 15 is 0 Å². The molecule has 0 heterocycles. The van der Waals surface area contributed by atoms with E-state index in [1.165, 1.54) is 11.1 Å². The van der Waals surface area contributed by atoms with Crippen molar-refractivity contribution in [3.8, 4) is 0 Å². The minimum atomic E-state index is -0.174. The summed E-state index contributed by atoms with van der Waals surface area (Å²) >= 11 is 0. The molecule has 18 heavy (non-hydrogen) atoms. The maximum absolute atomic E-state index is 6.32. The molecule has 2 rings (SSSR count). The second kappa shape index (κ2) is 5.34. The smallest absolute Gasteiger partial charge is 0.0493 e. The molecule has 0 aliphatic rings. The van der Waals surface area contributed by atoms with Gasteiger partial charge in [-0.15, -0.1) is 0 Å². The molecule has 0 unspecified atom stereocenters. The maximum Gasteiger partial charge on any atom is 0.0493 e. The summed E-state index contributed by atoms with van der Waals surface area (Å²) in [5, 5.41) is 0. The van der Waals surface area contributed by atoms with Crippen LogP contribution in [-0.4, -0.2) is 0 Å². The van der Waals surface area contributed by atoms with E-state index in [-0.39, 0.29) is 12.1 Å². The first-order valence-corrected chi connectivity index (χ1v) is 6.23. The molecule has 0 bridgehead atoms. The average molecular weight is 240 g/mol. The minimum absolute atomic E-state index is 0.174. The van der Waals surface area contributed by atoms with Crippen LogP contribution in [-0.2, 0) is 0 Å². The molecular formula is C16H20N2. The summed E-state index contributed by atoms with van der Waals surface area (Å²) in [6.07, 6.45) is 0. The van der Waals surface area contributed by atoms with Crippen molar-refractivity contribution < 1.29 is 0 Å². The van der Waals surface area contributed by atoms with Crippen LogP contribution in [0, 0.1) is 13.8 Å². The summed E-state index contributed by atoms with van der Waals surface area (Å²) in [6, 6.07) is 15.9. The lowest BCUT2D eigenvalue weighted by Crippen LogP contribution is -2.27. The Morgan fingerprint density at radius 1 is 0.667 bits per heavy atom. The number of aryl methyl sites for hydroxylation is 2. The molecule has 0 saturated carbocycles. The van der Waals surface area contributed by atoms with Crippen LogP contribution >= 0.6 is 0 Å². The van der Waals surface area contributed by atoms with Gasteiger partial charge >= 0.3 is 0 Å². The van der Waals surface area contributed by atoms with Crippen LogP contribution in [0.25, 0.3) is 0 Å². The topological polar surface area (TPSA) is 52.0 Å². The van der Waals surface area contributed by atoms with Gasteiger partial charge in [0.05, 0.1) is 0 Å². The van der Waals surface area contributed by atoms with Crippen LogP contribution < -0.4 is 11.5 Å². The number of benzene rings is 2. The molecule has 0 fully saturated rings. The van der Waals surface area contributed by atoms with Crippen molar-refractivity contribution in [3.63, 3.8) is 0 Å². The molecule has 2 aromatic rings. The van der Waals surface area contributed by atoms with Crippen LogP contribution in [0.5, 0.6) is 0 Å². The molecular weight excluding hydrogens is 220 g/mol. The number of rotatable bonds is 3. The monoisotopic (exact) mass is 240 g/mol. The molecule has 94 valence electrons. The van der Waals surface area contributed by atoms with Crippen molar-refractivity contribution >= 4 is 0 Å². The zero-order valence-electron chi connectivity index (χ0n) is 10.9. The minimum Gasteiger partial charge on any atom is -0.322 e. The van der Waals surface area contributed by atoms with E-state index in [0.29, 0.717) is 0 Å².